The third-order valence-corrected chi connectivity index (χ3v) is 1.62. The van der Waals surface area contributed by atoms with E-state index in [9.17, 15) is 4.79 Å². The van der Waals surface area contributed by atoms with Gasteiger partial charge in [0.05, 0.1) is 0 Å². The number of allylic oxidation sites excluding steroid dienone is 2. The summed E-state index contributed by atoms with van der Waals surface area (Å²) in [6.45, 7) is 4.64. The summed E-state index contributed by atoms with van der Waals surface area (Å²) in [6.07, 6.45) is 8.09. The minimum Gasteiger partial charge on any atom is -0.333 e. The Hall–Kier alpha value is -1.29. The van der Waals surface area contributed by atoms with Crippen LogP contribution in [0.4, 0.5) is 4.79 Å². The Labute approximate surface area is 85.2 Å². The molecule has 0 atom stereocenters. The molecular weight excluding hydrogens is 178 g/mol. The summed E-state index contributed by atoms with van der Waals surface area (Å²) in [5.41, 5.74) is 3.11. The molecule has 0 radical (unpaired) electrons. The fraction of sp³-hybridized carbons (Fsp3) is 0.500. The number of carbonyl (C=O) groups excluding carboxylic acids is 1. The van der Waals surface area contributed by atoms with Gasteiger partial charge >= 0.3 is 6.03 Å². The number of hydrazine groups is 1. The molecule has 4 N–H and O–H groups in total. The van der Waals surface area contributed by atoms with Gasteiger partial charge in [-0.05, 0) is 18.4 Å². The maximum atomic E-state index is 10.8. The zero-order valence-electron chi connectivity index (χ0n) is 8.84. The second kappa shape index (κ2) is 8.31. The first kappa shape index (κ1) is 12.7. The Kier molecular flexibility index (Phi) is 7.55. The van der Waals surface area contributed by atoms with Crippen LogP contribution in [0.2, 0.25) is 0 Å². The third kappa shape index (κ3) is 6.25. The molecule has 0 unspecified atom stereocenters. The van der Waals surface area contributed by atoms with E-state index in [-0.39, 0.29) is 6.03 Å². The summed E-state index contributed by atoms with van der Waals surface area (Å²) in [7, 11) is 0. The van der Waals surface area contributed by atoms with Crippen molar-refractivity contribution in [1.82, 2.24) is 10.7 Å². The largest absolute Gasteiger partial charge is 0.333 e. The summed E-state index contributed by atoms with van der Waals surface area (Å²) in [6, 6.07) is -0.364. The highest BCUT2D eigenvalue weighted by Gasteiger charge is 1.96. The fourth-order valence-corrected chi connectivity index (χ4v) is 0.964. The smallest absolute Gasteiger partial charge is 0.329 e. The molecule has 0 aliphatic heterocycles. The van der Waals surface area contributed by atoms with Crippen molar-refractivity contribution in [2.24, 2.45) is 5.84 Å². The number of urea groups is 1. The van der Waals surface area contributed by atoms with Crippen LogP contribution in [0.1, 0.15) is 26.7 Å². The van der Waals surface area contributed by atoms with E-state index in [4.69, 9.17) is 5.84 Å². The molecular formula is C10H19N3O. The van der Waals surface area contributed by atoms with Gasteiger partial charge < -0.3 is 5.32 Å². The van der Waals surface area contributed by atoms with Crippen molar-refractivity contribution in [3.63, 3.8) is 0 Å². The van der Waals surface area contributed by atoms with Crippen LogP contribution in [0.5, 0.6) is 0 Å². The van der Waals surface area contributed by atoms with Crippen LogP contribution in [0.15, 0.2) is 23.8 Å². The molecule has 0 rings (SSSR count). The zero-order chi connectivity index (χ0) is 10.8. The normalized spacial score (nSPS) is 11.8. The van der Waals surface area contributed by atoms with Gasteiger partial charge in [0, 0.05) is 6.54 Å². The lowest BCUT2D eigenvalue weighted by Crippen LogP contribution is -2.40. The van der Waals surface area contributed by atoms with Gasteiger partial charge in [-0.2, -0.15) is 0 Å². The maximum absolute atomic E-state index is 10.8. The molecule has 14 heavy (non-hydrogen) atoms. The molecule has 0 saturated carbocycles. The van der Waals surface area contributed by atoms with Gasteiger partial charge in [-0.1, -0.05) is 32.1 Å². The van der Waals surface area contributed by atoms with Gasteiger partial charge in [-0.3, -0.25) is 5.43 Å². The second-order valence-electron chi connectivity index (χ2n) is 2.82. The number of hydrogen-bond donors (Lipinski definition) is 3. The first-order valence-electron chi connectivity index (χ1n) is 4.84. The topological polar surface area (TPSA) is 67.2 Å². The van der Waals surface area contributed by atoms with Crippen molar-refractivity contribution in [2.75, 3.05) is 6.54 Å². The number of nitrogens with one attached hydrogen (secondary N) is 2. The van der Waals surface area contributed by atoms with E-state index in [0.29, 0.717) is 6.54 Å². The van der Waals surface area contributed by atoms with Crippen LogP contribution < -0.4 is 16.6 Å². The molecule has 0 aromatic heterocycles. The molecule has 0 spiro atoms. The van der Waals surface area contributed by atoms with E-state index < -0.39 is 0 Å². The molecule has 0 aliphatic rings. The minimum absolute atomic E-state index is 0.364. The third-order valence-electron chi connectivity index (χ3n) is 1.62. The maximum Gasteiger partial charge on any atom is 0.329 e. The quantitative estimate of drug-likeness (QED) is 0.270. The van der Waals surface area contributed by atoms with E-state index in [1.807, 2.05) is 11.5 Å². The Bertz CT molecular complexity index is 221. The molecule has 0 aromatic rings. The standard InChI is InChI=1S/C10H19N3O/c1-3-5-7-9(6-4-2)8-12-10(14)13-11/h5-7H,3-4,8,11H2,1-2H3,(H2,12,13,14)/b7-5-,9-6+. The first-order valence-corrected chi connectivity index (χ1v) is 4.84. The number of nitrogens with two attached hydrogens (primary N) is 1. The molecule has 4 heteroatoms. The van der Waals surface area contributed by atoms with E-state index in [1.54, 1.807) is 0 Å². The number of rotatable bonds is 5. The molecule has 0 aliphatic carbocycles. The summed E-state index contributed by atoms with van der Waals surface area (Å²) in [5.74, 6) is 4.93. The van der Waals surface area contributed by atoms with Crippen LogP contribution in [-0.2, 0) is 0 Å². The molecule has 2 amide bonds. The van der Waals surface area contributed by atoms with Gasteiger partial charge in [0.15, 0.2) is 0 Å². The lowest BCUT2D eigenvalue weighted by Gasteiger charge is -2.04. The Morgan fingerprint density at radius 2 is 2.07 bits per heavy atom. The molecule has 4 nitrogen and oxygen atoms in total. The van der Waals surface area contributed by atoms with Crippen LogP contribution in [0.3, 0.4) is 0 Å². The average molecular weight is 197 g/mol. The van der Waals surface area contributed by atoms with Gasteiger partial charge in [-0.15, -0.1) is 0 Å². The Balaban J connectivity index is 4.04. The van der Waals surface area contributed by atoms with Crippen molar-refractivity contribution in [3.8, 4) is 0 Å². The highest BCUT2D eigenvalue weighted by Crippen LogP contribution is 1.98. The minimum atomic E-state index is -0.364. The van der Waals surface area contributed by atoms with Crippen molar-refractivity contribution in [2.45, 2.75) is 26.7 Å². The van der Waals surface area contributed by atoms with E-state index in [0.717, 1.165) is 18.4 Å². The van der Waals surface area contributed by atoms with E-state index >= 15 is 0 Å². The molecule has 0 heterocycles. The highest BCUT2D eigenvalue weighted by molar-refractivity contribution is 5.73. The summed E-state index contributed by atoms with van der Waals surface area (Å²) in [5, 5.41) is 2.63. The van der Waals surface area contributed by atoms with E-state index in [1.165, 1.54) is 0 Å². The Morgan fingerprint density at radius 1 is 1.36 bits per heavy atom. The van der Waals surface area contributed by atoms with Crippen LogP contribution in [0, 0.1) is 0 Å². The first-order chi connectivity index (χ1) is 6.74. The van der Waals surface area contributed by atoms with E-state index in [2.05, 4.69) is 31.3 Å². The Morgan fingerprint density at radius 3 is 2.57 bits per heavy atom. The van der Waals surface area contributed by atoms with Crippen LogP contribution in [-0.4, -0.2) is 12.6 Å². The van der Waals surface area contributed by atoms with Gasteiger partial charge in [0.1, 0.15) is 0 Å². The number of amides is 2. The predicted molar refractivity (Wildman–Crippen MR) is 58.5 cm³/mol. The van der Waals surface area contributed by atoms with Crippen molar-refractivity contribution < 1.29 is 4.79 Å². The number of hydrogen-bond acceptors (Lipinski definition) is 2. The lowest BCUT2D eigenvalue weighted by molar-refractivity contribution is 0.242. The van der Waals surface area contributed by atoms with Gasteiger partial charge in [0.25, 0.3) is 0 Å². The summed E-state index contributed by atoms with van der Waals surface area (Å²) >= 11 is 0. The SMILES string of the molecule is CC/C=C\C(=C/CC)CNC(=O)NN. The predicted octanol–water partition coefficient (Wildman–Crippen LogP) is 1.46. The highest BCUT2D eigenvalue weighted by atomic mass is 16.2. The zero-order valence-corrected chi connectivity index (χ0v) is 8.84. The van der Waals surface area contributed by atoms with Crippen molar-refractivity contribution in [1.29, 1.82) is 0 Å². The second-order valence-corrected chi connectivity index (χ2v) is 2.82. The monoisotopic (exact) mass is 197 g/mol. The molecule has 80 valence electrons. The number of carbonyl (C=O) groups is 1. The van der Waals surface area contributed by atoms with Crippen LogP contribution >= 0.6 is 0 Å². The van der Waals surface area contributed by atoms with Crippen molar-refractivity contribution in [3.05, 3.63) is 23.8 Å². The van der Waals surface area contributed by atoms with Crippen LogP contribution in [0.25, 0.3) is 0 Å². The molecule has 0 aromatic carbocycles. The molecule has 0 saturated heterocycles. The lowest BCUT2D eigenvalue weighted by atomic mass is 10.2. The summed E-state index contributed by atoms with van der Waals surface area (Å²) < 4.78 is 0. The van der Waals surface area contributed by atoms with Gasteiger partial charge in [-0.25, -0.2) is 10.6 Å². The molecule has 0 bridgehead atoms. The fourth-order valence-electron chi connectivity index (χ4n) is 0.964. The molecule has 0 fully saturated rings. The summed E-state index contributed by atoms with van der Waals surface area (Å²) in [4.78, 5) is 10.8. The van der Waals surface area contributed by atoms with Crippen molar-refractivity contribution >= 4 is 6.03 Å². The van der Waals surface area contributed by atoms with Gasteiger partial charge in [0.2, 0.25) is 0 Å². The average Bonchev–Trinajstić information content (AvgIpc) is 2.21.